The number of nitrogens with two attached hydrogens (primary N) is 1. The first-order valence-corrected chi connectivity index (χ1v) is 11.4. The Hall–Kier alpha value is -2.59. The van der Waals surface area contributed by atoms with Crippen LogP contribution < -0.4 is 10.6 Å². The van der Waals surface area contributed by atoms with Crippen LogP contribution in [0.1, 0.15) is 12.2 Å². The number of morpholine rings is 1. The predicted molar refractivity (Wildman–Crippen MR) is 120 cm³/mol. The topological polar surface area (TPSA) is 105 Å². The molecular formula is C22H25N5O3S. The summed E-state index contributed by atoms with van der Waals surface area (Å²) in [6.07, 6.45) is -0.311. The Balaban J connectivity index is 1.63. The van der Waals surface area contributed by atoms with Crippen LogP contribution in [0.5, 0.6) is 0 Å². The van der Waals surface area contributed by atoms with Gasteiger partial charge in [-0.25, -0.2) is 9.97 Å². The number of ether oxygens (including phenoxy) is 1. The molecule has 8 nitrogen and oxygen atoms in total. The Bertz CT molecular complexity index is 1080. The highest BCUT2D eigenvalue weighted by Crippen LogP contribution is 2.40. The molecule has 3 N–H and O–H groups in total. The van der Waals surface area contributed by atoms with Gasteiger partial charge in [-0.05, 0) is 5.56 Å². The average Bonchev–Trinajstić information content (AvgIpc) is 3.38. The van der Waals surface area contributed by atoms with Gasteiger partial charge in [0.05, 0.1) is 31.2 Å². The molecule has 1 amide bonds. The Labute approximate surface area is 184 Å². The van der Waals surface area contributed by atoms with Crippen LogP contribution in [0.3, 0.4) is 0 Å². The third-order valence-electron chi connectivity index (χ3n) is 5.89. The van der Waals surface area contributed by atoms with Crippen LogP contribution in [0.2, 0.25) is 0 Å². The van der Waals surface area contributed by atoms with E-state index >= 15 is 0 Å². The van der Waals surface area contributed by atoms with Gasteiger partial charge in [0.1, 0.15) is 22.5 Å². The molecule has 4 heterocycles. The molecule has 2 fully saturated rings. The molecule has 0 aliphatic carbocycles. The minimum atomic E-state index is -0.621. The number of carbonyl (C=O) groups excluding carboxylic acids is 1. The third kappa shape index (κ3) is 4.01. The number of aliphatic hydroxyl groups is 1. The highest BCUT2D eigenvalue weighted by molar-refractivity contribution is 7.17. The molecule has 2 aliphatic rings. The zero-order chi connectivity index (χ0) is 21.4. The summed E-state index contributed by atoms with van der Waals surface area (Å²) < 4.78 is 5.45. The van der Waals surface area contributed by atoms with Crippen LogP contribution >= 0.6 is 11.3 Å². The molecule has 162 valence electrons. The van der Waals surface area contributed by atoms with E-state index in [9.17, 15) is 9.90 Å². The lowest BCUT2D eigenvalue weighted by molar-refractivity contribution is -0.119. The van der Waals surface area contributed by atoms with Crippen LogP contribution in [-0.2, 0) is 16.1 Å². The molecule has 1 aromatic carbocycles. The van der Waals surface area contributed by atoms with Crippen molar-refractivity contribution in [3.8, 4) is 11.1 Å². The molecule has 9 heteroatoms. The Morgan fingerprint density at radius 3 is 2.74 bits per heavy atom. The van der Waals surface area contributed by atoms with Crippen LogP contribution in [0.25, 0.3) is 21.3 Å². The lowest BCUT2D eigenvalue weighted by Crippen LogP contribution is -2.41. The van der Waals surface area contributed by atoms with Gasteiger partial charge in [0.15, 0.2) is 0 Å². The van der Waals surface area contributed by atoms with Gasteiger partial charge in [0.25, 0.3) is 0 Å². The van der Waals surface area contributed by atoms with E-state index in [4.69, 9.17) is 20.4 Å². The standard InChI is InChI=1S/C22H25N5O3S/c23-20(29)17-10-15(28)11-27(17)21-19-16(14-4-2-1-3-5-14)13-31-22(19)25-18(24-21)12-26-6-8-30-9-7-26/h1-5,13,15,17,28H,6-12H2,(H2,23,29)/t15-,17+/m0/s1. The number of hydrogen-bond donors (Lipinski definition) is 2. The second-order valence-corrected chi connectivity index (χ2v) is 8.87. The first-order chi connectivity index (χ1) is 15.1. The van der Waals surface area contributed by atoms with Crippen molar-refractivity contribution in [3.05, 3.63) is 41.5 Å². The monoisotopic (exact) mass is 439 g/mol. The highest BCUT2D eigenvalue weighted by Gasteiger charge is 2.37. The number of aromatic nitrogens is 2. The van der Waals surface area contributed by atoms with E-state index in [1.54, 1.807) is 11.3 Å². The lowest BCUT2D eigenvalue weighted by Gasteiger charge is -2.27. The van der Waals surface area contributed by atoms with E-state index < -0.39 is 18.1 Å². The summed E-state index contributed by atoms with van der Waals surface area (Å²) in [6.45, 7) is 4.01. The number of rotatable bonds is 5. The molecule has 2 saturated heterocycles. The molecule has 3 aromatic rings. The van der Waals surface area contributed by atoms with Gasteiger partial charge in [-0.2, -0.15) is 0 Å². The van der Waals surface area contributed by atoms with E-state index in [1.165, 1.54) is 0 Å². The Kier molecular flexibility index (Phi) is 5.58. The molecule has 0 radical (unpaired) electrons. The number of thiophene rings is 1. The maximum atomic E-state index is 12.2. The zero-order valence-corrected chi connectivity index (χ0v) is 17.9. The Morgan fingerprint density at radius 2 is 2.00 bits per heavy atom. The van der Waals surface area contributed by atoms with Gasteiger partial charge >= 0.3 is 0 Å². The summed E-state index contributed by atoms with van der Waals surface area (Å²) in [5.41, 5.74) is 7.78. The molecule has 5 rings (SSSR count). The molecule has 31 heavy (non-hydrogen) atoms. The van der Waals surface area contributed by atoms with Crippen molar-refractivity contribution in [2.24, 2.45) is 5.73 Å². The van der Waals surface area contributed by atoms with Gasteiger partial charge in [0.2, 0.25) is 5.91 Å². The molecule has 2 aromatic heterocycles. The Morgan fingerprint density at radius 1 is 1.23 bits per heavy atom. The van der Waals surface area contributed by atoms with Gasteiger partial charge < -0.3 is 20.5 Å². The first-order valence-electron chi connectivity index (χ1n) is 10.5. The number of primary amides is 1. The molecule has 0 spiro atoms. The fourth-order valence-electron chi connectivity index (χ4n) is 4.35. The number of hydrogen-bond acceptors (Lipinski definition) is 8. The van der Waals surface area contributed by atoms with Crippen LogP contribution in [0.15, 0.2) is 35.7 Å². The van der Waals surface area contributed by atoms with Crippen LogP contribution in [0, 0.1) is 0 Å². The van der Waals surface area contributed by atoms with Crippen molar-refractivity contribution in [1.29, 1.82) is 0 Å². The summed E-state index contributed by atoms with van der Waals surface area (Å²) in [5, 5.41) is 13.3. The first kappa shape index (κ1) is 20.3. The summed E-state index contributed by atoms with van der Waals surface area (Å²) in [6, 6.07) is 9.49. The number of amides is 1. The van der Waals surface area contributed by atoms with Crippen molar-refractivity contribution in [1.82, 2.24) is 14.9 Å². The predicted octanol–water partition coefficient (Wildman–Crippen LogP) is 1.62. The average molecular weight is 440 g/mol. The fraction of sp³-hybridized carbons (Fsp3) is 0.409. The smallest absolute Gasteiger partial charge is 0.240 e. The van der Waals surface area contributed by atoms with Crippen molar-refractivity contribution in [2.75, 3.05) is 37.7 Å². The maximum absolute atomic E-state index is 12.2. The number of β-amino-alcohol motifs (C(OH)–C–C–N with tert-alkyl or cyclic N) is 1. The summed E-state index contributed by atoms with van der Waals surface area (Å²) >= 11 is 1.57. The number of carbonyl (C=O) groups is 1. The van der Waals surface area contributed by atoms with Crippen molar-refractivity contribution in [3.63, 3.8) is 0 Å². The molecule has 0 bridgehead atoms. The normalized spacial score (nSPS) is 22.3. The molecular weight excluding hydrogens is 414 g/mol. The van der Waals surface area contributed by atoms with Gasteiger partial charge in [-0.3, -0.25) is 9.69 Å². The molecule has 0 unspecified atom stereocenters. The second-order valence-electron chi connectivity index (χ2n) is 8.01. The lowest BCUT2D eigenvalue weighted by atomic mass is 10.1. The van der Waals surface area contributed by atoms with Gasteiger partial charge in [-0.15, -0.1) is 11.3 Å². The minimum Gasteiger partial charge on any atom is -0.391 e. The van der Waals surface area contributed by atoms with Gasteiger partial charge in [0, 0.05) is 37.0 Å². The number of aliphatic hydroxyl groups excluding tert-OH is 1. The van der Waals surface area contributed by atoms with E-state index in [0.29, 0.717) is 44.4 Å². The van der Waals surface area contributed by atoms with Crippen LogP contribution in [-0.4, -0.2) is 70.9 Å². The summed E-state index contributed by atoms with van der Waals surface area (Å²) in [4.78, 5) is 26.9. The molecule has 2 atom stereocenters. The van der Waals surface area contributed by atoms with Crippen molar-refractivity contribution >= 4 is 33.3 Å². The SMILES string of the molecule is NC(=O)[C@H]1C[C@H](O)CN1c1nc(CN2CCOCC2)nc2scc(-c3ccccc3)c12. The van der Waals surface area contributed by atoms with Crippen LogP contribution in [0.4, 0.5) is 5.82 Å². The van der Waals surface area contributed by atoms with E-state index in [1.807, 2.05) is 23.1 Å². The second kappa shape index (κ2) is 8.51. The number of anilines is 1. The van der Waals surface area contributed by atoms with E-state index in [2.05, 4.69) is 22.4 Å². The largest absolute Gasteiger partial charge is 0.391 e. The number of nitrogens with zero attached hydrogens (tertiary/aromatic N) is 4. The summed E-state index contributed by atoms with van der Waals surface area (Å²) in [5.74, 6) is 0.929. The highest BCUT2D eigenvalue weighted by atomic mass is 32.1. The third-order valence-corrected chi connectivity index (χ3v) is 6.77. The molecule has 2 aliphatic heterocycles. The summed E-state index contributed by atoms with van der Waals surface area (Å²) in [7, 11) is 0. The molecule has 0 saturated carbocycles. The van der Waals surface area contributed by atoms with Crippen molar-refractivity contribution in [2.45, 2.75) is 25.1 Å². The van der Waals surface area contributed by atoms with Crippen molar-refractivity contribution < 1.29 is 14.6 Å². The number of fused-ring (bicyclic) bond motifs is 1. The minimum absolute atomic E-state index is 0.310. The van der Waals surface area contributed by atoms with Gasteiger partial charge in [-0.1, -0.05) is 30.3 Å². The zero-order valence-electron chi connectivity index (χ0n) is 17.1. The quantitative estimate of drug-likeness (QED) is 0.622. The van der Waals surface area contributed by atoms with E-state index in [0.717, 1.165) is 34.4 Å². The number of benzene rings is 1. The fourth-order valence-corrected chi connectivity index (χ4v) is 5.31. The maximum Gasteiger partial charge on any atom is 0.240 e. The van der Waals surface area contributed by atoms with E-state index in [-0.39, 0.29) is 0 Å².